The zero-order valence-corrected chi connectivity index (χ0v) is 21.8. The summed E-state index contributed by atoms with van der Waals surface area (Å²) in [4.78, 5) is 0. The third kappa shape index (κ3) is 12.7. The standard InChI is InChI=1S/C16H18O.C10H12F2.C6H10/c1-13-5-2-3-7-15(13)8-4-6-14-9-11-16(17)12-10-14;1-3-8-4-6-9(7-5-8)10(2,11)12;1-3-5-6-4-2/h2-3,5,7,9-12,17H,4,6,8H2,1H3;4-7H,3H2,1-2H3;3-6H,1-2H3/b;;5-3-,6-4-. The number of hydrogen-bond donors (Lipinski definition) is 1. The molecule has 0 unspecified atom stereocenters. The molecule has 0 radical (unpaired) electrons. The van der Waals surface area contributed by atoms with Crippen molar-refractivity contribution in [2.75, 3.05) is 0 Å². The Bertz CT molecular complexity index is 1000. The van der Waals surface area contributed by atoms with E-state index in [2.05, 4.69) is 31.2 Å². The van der Waals surface area contributed by atoms with Crippen LogP contribution < -0.4 is 0 Å². The Labute approximate surface area is 210 Å². The van der Waals surface area contributed by atoms with Crippen molar-refractivity contribution in [2.24, 2.45) is 0 Å². The smallest absolute Gasteiger partial charge is 0.270 e. The fraction of sp³-hybridized carbons (Fsp3) is 0.312. The van der Waals surface area contributed by atoms with E-state index in [1.165, 1.54) is 28.8 Å². The molecule has 1 nitrogen and oxygen atoms in total. The molecule has 35 heavy (non-hydrogen) atoms. The summed E-state index contributed by atoms with van der Waals surface area (Å²) in [6.07, 6.45) is 12.2. The zero-order chi connectivity index (χ0) is 26.1. The van der Waals surface area contributed by atoms with Crippen LogP contribution in [-0.4, -0.2) is 5.11 Å². The molecular weight excluding hydrogens is 438 g/mol. The van der Waals surface area contributed by atoms with E-state index < -0.39 is 5.92 Å². The SMILES string of the molecule is C/C=C\C=C/C.CCc1ccc(C(C)(F)F)cc1.Cc1ccccc1CCCc1ccc(O)cc1. The molecule has 0 atom stereocenters. The molecular formula is C32H40F2O. The van der Waals surface area contributed by atoms with Crippen molar-refractivity contribution in [3.05, 3.63) is 125 Å². The molecule has 0 saturated carbocycles. The van der Waals surface area contributed by atoms with Gasteiger partial charge in [-0.05, 0) is 80.8 Å². The van der Waals surface area contributed by atoms with Gasteiger partial charge >= 0.3 is 0 Å². The molecule has 3 heteroatoms. The number of halogens is 2. The molecule has 0 saturated heterocycles. The molecule has 0 aliphatic carbocycles. The van der Waals surface area contributed by atoms with Crippen LogP contribution >= 0.6 is 0 Å². The van der Waals surface area contributed by atoms with E-state index in [4.69, 9.17) is 0 Å². The second kappa shape index (κ2) is 16.4. The molecule has 0 aliphatic rings. The van der Waals surface area contributed by atoms with Gasteiger partial charge in [0.2, 0.25) is 0 Å². The van der Waals surface area contributed by atoms with Crippen molar-refractivity contribution in [3.8, 4) is 5.75 Å². The lowest BCUT2D eigenvalue weighted by Gasteiger charge is -2.10. The Balaban J connectivity index is 0.000000296. The minimum atomic E-state index is -2.72. The molecule has 0 heterocycles. The van der Waals surface area contributed by atoms with Gasteiger partial charge in [0.05, 0.1) is 0 Å². The topological polar surface area (TPSA) is 20.2 Å². The van der Waals surface area contributed by atoms with E-state index in [1.54, 1.807) is 24.3 Å². The minimum absolute atomic E-state index is 0.0831. The predicted molar refractivity (Wildman–Crippen MR) is 146 cm³/mol. The Morgan fingerprint density at radius 2 is 1.31 bits per heavy atom. The first-order chi connectivity index (χ1) is 16.7. The molecule has 0 aliphatic heterocycles. The van der Waals surface area contributed by atoms with Crippen molar-refractivity contribution < 1.29 is 13.9 Å². The third-order valence-corrected chi connectivity index (χ3v) is 5.47. The number of aromatic hydroxyl groups is 1. The van der Waals surface area contributed by atoms with E-state index in [0.717, 1.165) is 38.2 Å². The van der Waals surface area contributed by atoms with Crippen LogP contribution in [0.25, 0.3) is 0 Å². The highest BCUT2D eigenvalue weighted by atomic mass is 19.3. The molecule has 3 aromatic carbocycles. The zero-order valence-electron chi connectivity index (χ0n) is 21.8. The van der Waals surface area contributed by atoms with Gasteiger partial charge in [-0.3, -0.25) is 0 Å². The minimum Gasteiger partial charge on any atom is -0.508 e. The summed E-state index contributed by atoms with van der Waals surface area (Å²) < 4.78 is 25.4. The molecule has 0 fully saturated rings. The van der Waals surface area contributed by atoms with Crippen LogP contribution in [-0.2, 0) is 25.2 Å². The summed E-state index contributed by atoms with van der Waals surface area (Å²) in [5, 5.41) is 9.20. The predicted octanol–water partition coefficient (Wildman–Crippen LogP) is 9.38. The fourth-order valence-corrected chi connectivity index (χ4v) is 3.29. The first-order valence-electron chi connectivity index (χ1n) is 12.2. The summed E-state index contributed by atoms with van der Waals surface area (Å²) in [6.45, 7) is 9.07. The Hall–Kier alpha value is -3.20. The van der Waals surface area contributed by atoms with Crippen LogP contribution in [0.2, 0.25) is 0 Å². The number of rotatable bonds is 7. The van der Waals surface area contributed by atoms with Crippen molar-refractivity contribution in [1.29, 1.82) is 0 Å². The highest BCUT2D eigenvalue weighted by Gasteiger charge is 2.23. The molecule has 3 rings (SSSR count). The average Bonchev–Trinajstić information content (AvgIpc) is 2.85. The van der Waals surface area contributed by atoms with Crippen LogP contribution in [0.4, 0.5) is 8.78 Å². The van der Waals surface area contributed by atoms with E-state index in [-0.39, 0.29) is 5.56 Å². The summed E-state index contributed by atoms with van der Waals surface area (Å²) in [5.74, 6) is -2.38. The molecule has 0 spiro atoms. The number of benzene rings is 3. The fourth-order valence-electron chi connectivity index (χ4n) is 3.29. The number of phenols is 1. The second-order valence-electron chi connectivity index (χ2n) is 8.44. The monoisotopic (exact) mass is 478 g/mol. The Morgan fingerprint density at radius 1 is 0.771 bits per heavy atom. The normalized spacial score (nSPS) is 11.1. The molecule has 0 amide bonds. The summed E-state index contributed by atoms with van der Waals surface area (Å²) in [7, 11) is 0. The maximum absolute atomic E-state index is 12.7. The van der Waals surface area contributed by atoms with Gasteiger partial charge < -0.3 is 5.11 Å². The summed E-state index contributed by atoms with van der Waals surface area (Å²) in [5.41, 5.74) is 5.27. The lowest BCUT2D eigenvalue weighted by molar-refractivity contribution is 0.0174. The van der Waals surface area contributed by atoms with Gasteiger partial charge in [-0.1, -0.05) is 91.9 Å². The first-order valence-corrected chi connectivity index (χ1v) is 12.2. The quantitative estimate of drug-likeness (QED) is 0.335. The molecule has 3 aromatic rings. The summed E-state index contributed by atoms with van der Waals surface area (Å²) >= 11 is 0. The highest BCUT2D eigenvalue weighted by molar-refractivity contribution is 5.28. The Kier molecular flexibility index (Phi) is 14.0. The average molecular weight is 479 g/mol. The van der Waals surface area contributed by atoms with Gasteiger partial charge in [0.15, 0.2) is 0 Å². The van der Waals surface area contributed by atoms with Crippen molar-refractivity contribution in [2.45, 2.75) is 66.2 Å². The van der Waals surface area contributed by atoms with Gasteiger partial charge in [0.25, 0.3) is 5.92 Å². The number of phenolic OH excluding ortho intramolecular Hbond substituents is 1. The van der Waals surface area contributed by atoms with Crippen LogP contribution in [0.5, 0.6) is 5.75 Å². The molecule has 1 N–H and O–H groups in total. The van der Waals surface area contributed by atoms with Crippen LogP contribution in [0.3, 0.4) is 0 Å². The van der Waals surface area contributed by atoms with Crippen LogP contribution in [0, 0.1) is 6.92 Å². The van der Waals surface area contributed by atoms with Gasteiger partial charge in [0, 0.05) is 12.5 Å². The first kappa shape index (κ1) is 29.8. The summed E-state index contributed by atoms with van der Waals surface area (Å²) in [6, 6.07) is 22.5. The maximum atomic E-state index is 12.7. The lowest BCUT2D eigenvalue weighted by Crippen LogP contribution is -2.06. The van der Waals surface area contributed by atoms with Crippen molar-refractivity contribution >= 4 is 0 Å². The number of hydrogen-bond acceptors (Lipinski definition) is 1. The Morgan fingerprint density at radius 3 is 1.80 bits per heavy atom. The molecule has 0 bridgehead atoms. The van der Waals surface area contributed by atoms with Crippen LogP contribution in [0.15, 0.2) is 97.1 Å². The largest absolute Gasteiger partial charge is 0.508 e. The van der Waals surface area contributed by atoms with Gasteiger partial charge in [-0.15, -0.1) is 0 Å². The van der Waals surface area contributed by atoms with Crippen LogP contribution in [0.1, 0.15) is 61.9 Å². The van der Waals surface area contributed by atoms with Crippen molar-refractivity contribution in [3.63, 3.8) is 0 Å². The second-order valence-corrected chi connectivity index (χ2v) is 8.44. The number of allylic oxidation sites excluding steroid dienone is 4. The lowest BCUT2D eigenvalue weighted by atomic mass is 10.0. The maximum Gasteiger partial charge on any atom is 0.270 e. The van der Waals surface area contributed by atoms with E-state index >= 15 is 0 Å². The highest BCUT2D eigenvalue weighted by Crippen LogP contribution is 2.26. The third-order valence-electron chi connectivity index (χ3n) is 5.47. The number of alkyl halides is 2. The molecule has 188 valence electrons. The number of aryl methyl sites for hydroxylation is 4. The van der Waals surface area contributed by atoms with E-state index in [9.17, 15) is 13.9 Å². The molecule has 0 aromatic heterocycles. The van der Waals surface area contributed by atoms with Gasteiger partial charge in [-0.2, -0.15) is 0 Å². The van der Waals surface area contributed by atoms with E-state index in [1.807, 2.05) is 57.2 Å². The van der Waals surface area contributed by atoms with E-state index in [0.29, 0.717) is 5.75 Å². The van der Waals surface area contributed by atoms with Gasteiger partial charge in [0.1, 0.15) is 5.75 Å². The van der Waals surface area contributed by atoms with Crippen molar-refractivity contribution in [1.82, 2.24) is 0 Å². The van der Waals surface area contributed by atoms with Gasteiger partial charge in [-0.25, -0.2) is 8.78 Å².